The highest BCUT2D eigenvalue weighted by Crippen LogP contribution is 2.46. The van der Waals surface area contributed by atoms with Crippen LogP contribution in [0.1, 0.15) is 30.9 Å². The minimum absolute atomic E-state index is 0. The molecule has 1 aliphatic heterocycles. The molecule has 0 aromatic heterocycles. The zero-order chi connectivity index (χ0) is 15.5. The van der Waals surface area contributed by atoms with Crippen molar-refractivity contribution in [2.24, 2.45) is 5.92 Å². The number of methoxy groups -OCH3 is 2. The number of halogens is 2. The molecule has 1 heterocycles. The molecule has 0 unspecified atom stereocenters. The van der Waals surface area contributed by atoms with Crippen molar-refractivity contribution >= 4 is 24.8 Å². The van der Waals surface area contributed by atoms with Crippen molar-refractivity contribution in [2.75, 3.05) is 40.4 Å². The zero-order valence-corrected chi connectivity index (χ0v) is 15.9. The van der Waals surface area contributed by atoms with E-state index < -0.39 is 0 Å². The molecular weight excluding hydrogens is 351 g/mol. The molecule has 1 atom stereocenters. The van der Waals surface area contributed by atoms with Gasteiger partial charge in [-0.25, -0.2) is 0 Å². The van der Waals surface area contributed by atoms with Crippen LogP contribution >= 0.6 is 24.8 Å². The van der Waals surface area contributed by atoms with E-state index in [1.807, 2.05) is 0 Å². The molecule has 2 aliphatic rings. The molecule has 0 spiro atoms. The van der Waals surface area contributed by atoms with Crippen LogP contribution in [-0.2, 0) is 0 Å². The molecule has 0 amide bonds. The van der Waals surface area contributed by atoms with Crippen molar-refractivity contribution in [3.05, 3.63) is 17.7 Å². The molecule has 1 aromatic carbocycles. The number of hydrogen-bond donors (Lipinski definition) is 2. The first kappa shape index (κ1) is 21.2. The van der Waals surface area contributed by atoms with Gasteiger partial charge in [-0.3, -0.25) is 4.90 Å². The molecule has 1 saturated heterocycles. The summed E-state index contributed by atoms with van der Waals surface area (Å²) in [6, 6.07) is 3.68. The molecule has 0 radical (unpaired) electrons. The van der Waals surface area contributed by atoms with E-state index in [9.17, 15) is 5.11 Å². The van der Waals surface area contributed by atoms with E-state index in [2.05, 4.69) is 10.2 Å². The van der Waals surface area contributed by atoms with Gasteiger partial charge in [0.1, 0.15) is 17.2 Å². The summed E-state index contributed by atoms with van der Waals surface area (Å²) in [5, 5.41) is 13.3. The van der Waals surface area contributed by atoms with Crippen LogP contribution < -0.4 is 14.8 Å². The highest BCUT2D eigenvalue weighted by molar-refractivity contribution is 5.85. The summed E-state index contributed by atoms with van der Waals surface area (Å²) in [5.41, 5.74) is 1.08. The Morgan fingerprint density at radius 2 is 1.67 bits per heavy atom. The predicted octanol–water partition coefficient (Wildman–Crippen LogP) is 3.00. The van der Waals surface area contributed by atoms with Crippen LogP contribution in [0, 0.1) is 5.92 Å². The third kappa shape index (κ3) is 4.82. The third-order valence-electron chi connectivity index (χ3n) is 4.71. The first-order valence-electron chi connectivity index (χ1n) is 8.12. The summed E-state index contributed by atoms with van der Waals surface area (Å²) >= 11 is 0. The lowest BCUT2D eigenvalue weighted by molar-refractivity contribution is 0.154. The van der Waals surface area contributed by atoms with Gasteiger partial charge in [0.15, 0.2) is 0 Å². The van der Waals surface area contributed by atoms with Crippen LogP contribution in [0.2, 0.25) is 0 Å². The number of nitrogens with zero attached hydrogens (tertiary/aromatic N) is 1. The number of rotatable bonds is 6. The number of aromatic hydroxyl groups is 1. The standard InChI is InChI=1S/C17H26N2O3.2ClH/c1-21-15-10-13(20)11-16(22-2)17(15)14(9-12-3-4-12)19-7-5-18-6-8-19;;/h10-12,14,18,20H,3-9H2,1-2H3;2*1H/t14-;;/m1../s1. The predicted molar refractivity (Wildman–Crippen MR) is 100 cm³/mol. The Hall–Kier alpha value is -0.880. The quantitative estimate of drug-likeness (QED) is 0.796. The van der Waals surface area contributed by atoms with Crippen LogP contribution in [0.5, 0.6) is 17.2 Å². The smallest absolute Gasteiger partial charge is 0.131 e. The number of piperazine rings is 1. The molecule has 5 nitrogen and oxygen atoms in total. The lowest BCUT2D eigenvalue weighted by Crippen LogP contribution is -2.45. The topological polar surface area (TPSA) is 54.0 Å². The number of benzene rings is 1. The van der Waals surface area contributed by atoms with Crippen molar-refractivity contribution in [3.63, 3.8) is 0 Å². The molecule has 3 rings (SSSR count). The van der Waals surface area contributed by atoms with Crippen LogP contribution in [0.25, 0.3) is 0 Å². The summed E-state index contributed by atoms with van der Waals surface area (Å²) in [5.74, 6) is 2.44. The lowest BCUT2D eigenvalue weighted by Gasteiger charge is -2.36. The van der Waals surface area contributed by atoms with Gasteiger partial charge in [0, 0.05) is 44.4 Å². The number of hydrogen-bond acceptors (Lipinski definition) is 5. The normalized spacial score (nSPS) is 18.9. The number of nitrogens with one attached hydrogen (secondary N) is 1. The van der Waals surface area contributed by atoms with Gasteiger partial charge in [-0.05, 0) is 12.3 Å². The maximum atomic E-state index is 9.88. The van der Waals surface area contributed by atoms with Gasteiger partial charge < -0.3 is 19.9 Å². The average molecular weight is 379 g/mol. The number of phenols is 1. The first-order chi connectivity index (χ1) is 10.7. The molecule has 1 saturated carbocycles. The minimum Gasteiger partial charge on any atom is -0.508 e. The Morgan fingerprint density at radius 1 is 1.12 bits per heavy atom. The molecule has 0 bridgehead atoms. The maximum absolute atomic E-state index is 9.88. The molecule has 7 heteroatoms. The molecule has 138 valence electrons. The molecule has 24 heavy (non-hydrogen) atoms. The van der Waals surface area contributed by atoms with E-state index in [4.69, 9.17) is 9.47 Å². The summed E-state index contributed by atoms with van der Waals surface area (Å²) in [6.45, 7) is 4.10. The van der Waals surface area contributed by atoms with E-state index in [-0.39, 0.29) is 30.6 Å². The molecule has 1 aromatic rings. The Kier molecular flexibility index (Phi) is 8.43. The fraction of sp³-hybridized carbons (Fsp3) is 0.647. The van der Waals surface area contributed by atoms with E-state index in [1.165, 1.54) is 12.8 Å². The third-order valence-corrected chi connectivity index (χ3v) is 4.71. The van der Waals surface area contributed by atoms with Gasteiger partial charge in [0.25, 0.3) is 0 Å². The lowest BCUT2D eigenvalue weighted by atomic mass is 9.96. The number of ether oxygens (including phenoxy) is 2. The van der Waals surface area contributed by atoms with Crippen molar-refractivity contribution in [1.82, 2.24) is 10.2 Å². The van der Waals surface area contributed by atoms with Crippen LogP contribution in [-0.4, -0.2) is 50.4 Å². The largest absolute Gasteiger partial charge is 0.508 e. The highest BCUT2D eigenvalue weighted by atomic mass is 35.5. The zero-order valence-electron chi connectivity index (χ0n) is 14.3. The van der Waals surface area contributed by atoms with E-state index in [1.54, 1.807) is 26.4 Å². The molecule has 2 fully saturated rings. The maximum Gasteiger partial charge on any atom is 0.131 e. The second-order valence-electron chi connectivity index (χ2n) is 6.24. The Labute approximate surface area is 156 Å². The van der Waals surface area contributed by atoms with Gasteiger partial charge in [0.2, 0.25) is 0 Å². The molecule has 1 aliphatic carbocycles. The van der Waals surface area contributed by atoms with E-state index >= 15 is 0 Å². The highest BCUT2D eigenvalue weighted by Gasteiger charge is 2.34. The van der Waals surface area contributed by atoms with Gasteiger partial charge in [-0.2, -0.15) is 0 Å². The average Bonchev–Trinajstić information content (AvgIpc) is 3.37. The second kappa shape index (κ2) is 9.56. The summed E-state index contributed by atoms with van der Waals surface area (Å²) in [4.78, 5) is 2.52. The monoisotopic (exact) mass is 378 g/mol. The van der Waals surface area contributed by atoms with Gasteiger partial charge >= 0.3 is 0 Å². The fourth-order valence-corrected chi connectivity index (χ4v) is 3.37. The Morgan fingerprint density at radius 3 is 2.12 bits per heavy atom. The van der Waals surface area contributed by atoms with Crippen LogP contribution in [0.4, 0.5) is 0 Å². The first-order valence-corrected chi connectivity index (χ1v) is 8.12. The van der Waals surface area contributed by atoms with Crippen LogP contribution in [0.15, 0.2) is 12.1 Å². The molecule has 2 N–H and O–H groups in total. The van der Waals surface area contributed by atoms with Gasteiger partial charge in [-0.1, -0.05) is 12.8 Å². The van der Waals surface area contributed by atoms with Crippen molar-refractivity contribution in [3.8, 4) is 17.2 Å². The fourth-order valence-electron chi connectivity index (χ4n) is 3.37. The van der Waals surface area contributed by atoms with Gasteiger partial charge in [0.05, 0.1) is 19.8 Å². The second-order valence-corrected chi connectivity index (χ2v) is 6.24. The van der Waals surface area contributed by atoms with Crippen molar-refractivity contribution in [2.45, 2.75) is 25.3 Å². The Bertz CT molecular complexity index is 496. The van der Waals surface area contributed by atoms with E-state index in [0.717, 1.165) is 55.6 Å². The summed E-state index contributed by atoms with van der Waals surface area (Å²) < 4.78 is 11.1. The van der Waals surface area contributed by atoms with E-state index in [0.29, 0.717) is 6.04 Å². The van der Waals surface area contributed by atoms with Gasteiger partial charge in [-0.15, -0.1) is 24.8 Å². The van der Waals surface area contributed by atoms with Crippen LogP contribution in [0.3, 0.4) is 0 Å². The van der Waals surface area contributed by atoms with Crippen molar-refractivity contribution < 1.29 is 14.6 Å². The SMILES string of the molecule is COc1cc(O)cc(OC)c1[C@@H](CC1CC1)N1CCNCC1.Cl.Cl. The number of phenolic OH excluding ortho intramolecular Hbond substituents is 1. The summed E-state index contributed by atoms with van der Waals surface area (Å²) in [7, 11) is 3.31. The minimum atomic E-state index is 0. The van der Waals surface area contributed by atoms with Crippen molar-refractivity contribution in [1.29, 1.82) is 0 Å². The Balaban J connectivity index is 0.00000144. The summed E-state index contributed by atoms with van der Waals surface area (Å²) in [6.07, 6.45) is 3.79. The molecular formula is C17H28Cl2N2O3.